The average molecular weight is 436 g/mol. The number of ether oxygens (including phenoxy) is 1. The third kappa shape index (κ3) is 4.67. The van der Waals surface area contributed by atoms with Crippen LogP contribution in [0.25, 0.3) is 0 Å². The second-order valence-corrected chi connectivity index (χ2v) is 9.94. The maximum absolute atomic E-state index is 12.8. The number of esters is 1. The summed E-state index contributed by atoms with van der Waals surface area (Å²) in [6.45, 7) is 4.69. The first-order valence-corrected chi connectivity index (χ1v) is 11.8. The van der Waals surface area contributed by atoms with Gasteiger partial charge in [-0.15, -0.1) is 0 Å². The van der Waals surface area contributed by atoms with Crippen molar-refractivity contribution in [3.63, 3.8) is 0 Å². The second-order valence-electron chi connectivity index (χ2n) is 9.94. The third-order valence-corrected chi connectivity index (χ3v) is 7.73. The molecule has 6 nitrogen and oxygen atoms in total. The zero-order valence-corrected chi connectivity index (χ0v) is 19.0. The van der Waals surface area contributed by atoms with Crippen LogP contribution in [0.4, 0.5) is 0 Å². The fraction of sp³-hybridized carbons (Fsp3) is 0.577. The zero-order valence-electron chi connectivity index (χ0n) is 19.0. The summed E-state index contributed by atoms with van der Waals surface area (Å²) < 4.78 is 4.98. The van der Waals surface area contributed by atoms with Crippen molar-refractivity contribution in [3.05, 3.63) is 47.2 Å². The first-order valence-electron chi connectivity index (χ1n) is 11.8. The molecule has 0 radical (unpaired) electrons. The van der Waals surface area contributed by atoms with Crippen LogP contribution in [0.15, 0.2) is 36.0 Å². The van der Waals surface area contributed by atoms with Crippen LogP contribution < -0.4 is 10.6 Å². The highest BCUT2D eigenvalue weighted by Gasteiger charge is 2.53. The standard InChI is InChI=1S/C26H33N3O3/c1-3-32-25(31)22-6-4-18(5-7-22)15-28-16-23(14-27)24(30)29-17(2)26-11-19-8-20(12-26)10-21(9-19)13-26/h4-7,16-17,19-21,28H,3,8-13,15H2,1-2H3,(H,29,30)/b23-16-. The van der Waals surface area contributed by atoms with Gasteiger partial charge in [0, 0.05) is 18.8 Å². The summed E-state index contributed by atoms with van der Waals surface area (Å²) in [6.07, 6.45) is 9.24. The molecule has 6 heteroatoms. The van der Waals surface area contributed by atoms with E-state index in [2.05, 4.69) is 17.6 Å². The molecule has 1 unspecified atom stereocenters. The highest BCUT2D eigenvalue weighted by molar-refractivity contribution is 5.97. The topological polar surface area (TPSA) is 91.2 Å². The van der Waals surface area contributed by atoms with Crippen LogP contribution in [0.5, 0.6) is 0 Å². The Balaban J connectivity index is 1.32. The van der Waals surface area contributed by atoms with Gasteiger partial charge in [-0.05, 0) is 93.2 Å². The molecule has 0 spiro atoms. The third-order valence-electron chi connectivity index (χ3n) is 7.73. The molecule has 32 heavy (non-hydrogen) atoms. The van der Waals surface area contributed by atoms with E-state index >= 15 is 0 Å². The lowest BCUT2D eigenvalue weighted by atomic mass is 9.48. The van der Waals surface area contributed by atoms with E-state index in [9.17, 15) is 14.9 Å². The SMILES string of the molecule is CCOC(=O)c1ccc(CN/C=C(/C#N)C(=O)NC(C)C23CC4CC(CC(C4)C2)C3)cc1. The minimum absolute atomic E-state index is 0.0792. The quantitative estimate of drug-likeness (QED) is 0.365. The van der Waals surface area contributed by atoms with E-state index < -0.39 is 0 Å². The van der Waals surface area contributed by atoms with E-state index in [1.807, 2.05) is 18.2 Å². The molecule has 0 saturated heterocycles. The van der Waals surface area contributed by atoms with Crippen molar-refractivity contribution >= 4 is 11.9 Å². The first kappa shape index (κ1) is 22.4. The molecule has 5 rings (SSSR count). The van der Waals surface area contributed by atoms with E-state index in [0.717, 1.165) is 23.3 Å². The van der Waals surface area contributed by atoms with Crippen LogP contribution in [-0.2, 0) is 16.1 Å². The maximum Gasteiger partial charge on any atom is 0.338 e. The van der Waals surface area contributed by atoms with Gasteiger partial charge in [-0.3, -0.25) is 4.79 Å². The highest BCUT2D eigenvalue weighted by Crippen LogP contribution is 2.61. The van der Waals surface area contributed by atoms with Gasteiger partial charge >= 0.3 is 5.97 Å². The number of amides is 1. The molecule has 4 saturated carbocycles. The number of nitrogens with one attached hydrogen (secondary N) is 2. The molecule has 1 aromatic rings. The molecule has 4 aliphatic carbocycles. The van der Waals surface area contributed by atoms with Crippen molar-refractivity contribution in [2.24, 2.45) is 23.2 Å². The predicted molar refractivity (Wildman–Crippen MR) is 121 cm³/mol. The highest BCUT2D eigenvalue weighted by atomic mass is 16.5. The summed E-state index contributed by atoms with van der Waals surface area (Å²) in [5.74, 6) is 1.82. The Morgan fingerprint density at radius 2 is 1.75 bits per heavy atom. The Labute approximate surface area is 190 Å². The predicted octanol–water partition coefficient (Wildman–Crippen LogP) is 4.08. The van der Waals surface area contributed by atoms with Gasteiger partial charge in [-0.1, -0.05) is 12.1 Å². The number of hydrogen-bond acceptors (Lipinski definition) is 5. The van der Waals surface area contributed by atoms with Crippen LogP contribution in [0.2, 0.25) is 0 Å². The minimum Gasteiger partial charge on any atom is -0.462 e. The largest absolute Gasteiger partial charge is 0.462 e. The Morgan fingerprint density at radius 3 is 2.28 bits per heavy atom. The number of benzene rings is 1. The van der Waals surface area contributed by atoms with Gasteiger partial charge in [0.2, 0.25) is 0 Å². The lowest BCUT2D eigenvalue weighted by Crippen LogP contribution is -2.56. The Kier molecular flexibility index (Phi) is 6.55. The molecular weight excluding hydrogens is 402 g/mol. The summed E-state index contributed by atoms with van der Waals surface area (Å²) in [5.41, 5.74) is 1.74. The van der Waals surface area contributed by atoms with Crippen molar-refractivity contribution in [1.82, 2.24) is 10.6 Å². The Hall–Kier alpha value is -2.81. The number of hydrogen-bond donors (Lipinski definition) is 2. The fourth-order valence-corrected chi connectivity index (χ4v) is 6.53. The molecule has 170 valence electrons. The summed E-state index contributed by atoms with van der Waals surface area (Å²) in [4.78, 5) is 24.5. The summed E-state index contributed by atoms with van der Waals surface area (Å²) in [7, 11) is 0. The molecule has 4 aliphatic rings. The smallest absolute Gasteiger partial charge is 0.338 e. The van der Waals surface area contributed by atoms with Crippen molar-refractivity contribution in [1.29, 1.82) is 5.26 Å². The molecule has 1 aromatic carbocycles. The van der Waals surface area contributed by atoms with E-state index in [0.29, 0.717) is 18.7 Å². The summed E-state index contributed by atoms with van der Waals surface area (Å²) in [5, 5.41) is 15.7. The van der Waals surface area contributed by atoms with Crippen LogP contribution in [0.1, 0.15) is 68.3 Å². The molecule has 0 aromatic heterocycles. The maximum atomic E-state index is 12.8. The number of nitrogens with zero attached hydrogens (tertiary/aromatic N) is 1. The Bertz CT molecular complexity index is 893. The average Bonchev–Trinajstić information content (AvgIpc) is 2.76. The van der Waals surface area contributed by atoms with Gasteiger partial charge < -0.3 is 15.4 Å². The molecular formula is C26H33N3O3. The number of nitriles is 1. The summed E-state index contributed by atoms with van der Waals surface area (Å²) >= 11 is 0. The van der Waals surface area contributed by atoms with Crippen LogP contribution in [-0.4, -0.2) is 24.5 Å². The van der Waals surface area contributed by atoms with Crippen molar-refractivity contribution in [2.45, 2.75) is 65.0 Å². The van der Waals surface area contributed by atoms with Crippen molar-refractivity contribution in [2.75, 3.05) is 6.61 Å². The molecule has 1 amide bonds. The monoisotopic (exact) mass is 435 g/mol. The number of rotatable bonds is 8. The normalized spacial score (nSPS) is 29.2. The second kappa shape index (κ2) is 9.36. The van der Waals surface area contributed by atoms with E-state index in [1.54, 1.807) is 19.1 Å². The number of carbonyl (C=O) groups excluding carboxylic acids is 2. The Morgan fingerprint density at radius 1 is 1.16 bits per heavy atom. The molecule has 4 bridgehead atoms. The minimum atomic E-state index is -0.344. The fourth-order valence-electron chi connectivity index (χ4n) is 6.53. The summed E-state index contributed by atoms with van der Waals surface area (Å²) in [6, 6.07) is 9.19. The van der Waals surface area contributed by atoms with Gasteiger partial charge in [0.25, 0.3) is 5.91 Å². The van der Waals surface area contributed by atoms with Crippen LogP contribution in [0.3, 0.4) is 0 Å². The molecule has 0 heterocycles. The molecule has 2 N–H and O–H groups in total. The zero-order chi connectivity index (χ0) is 22.7. The van der Waals surface area contributed by atoms with Crippen molar-refractivity contribution in [3.8, 4) is 6.07 Å². The number of carbonyl (C=O) groups is 2. The van der Waals surface area contributed by atoms with Crippen LogP contribution >= 0.6 is 0 Å². The van der Waals surface area contributed by atoms with E-state index in [-0.39, 0.29) is 28.9 Å². The van der Waals surface area contributed by atoms with Gasteiger partial charge in [0.05, 0.1) is 12.2 Å². The van der Waals surface area contributed by atoms with Gasteiger partial charge in [-0.2, -0.15) is 5.26 Å². The van der Waals surface area contributed by atoms with Gasteiger partial charge in [0.1, 0.15) is 11.6 Å². The lowest BCUT2D eigenvalue weighted by molar-refractivity contribution is -0.122. The molecule has 1 atom stereocenters. The van der Waals surface area contributed by atoms with Gasteiger partial charge in [-0.25, -0.2) is 4.79 Å². The van der Waals surface area contributed by atoms with E-state index in [1.165, 1.54) is 44.7 Å². The molecule has 0 aliphatic heterocycles. The lowest BCUT2D eigenvalue weighted by Gasteiger charge is -2.59. The molecule has 4 fully saturated rings. The first-order chi connectivity index (χ1) is 15.4. The van der Waals surface area contributed by atoms with E-state index in [4.69, 9.17) is 4.74 Å². The van der Waals surface area contributed by atoms with Crippen LogP contribution in [0, 0.1) is 34.5 Å². The van der Waals surface area contributed by atoms with Gasteiger partial charge in [0.15, 0.2) is 0 Å². The van der Waals surface area contributed by atoms with Crippen molar-refractivity contribution < 1.29 is 14.3 Å².